The molecule has 0 amide bonds. The minimum atomic E-state index is -0.253. The zero-order chi connectivity index (χ0) is 14.8. The van der Waals surface area contributed by atoms with Crippen molar-refractivity contribution >= 4 is 32.4 Å². The van der Waals surface area contributed by atoms with E-state index in [4.69, 9.17) is 4.74 Å². The number of hydrogen-bond acceptors (Lipinski definition) is 4. The molecule has 0 fully saturated rings. The van der Waals surface area contributed by atoms with E-state index < -0.39 is 0 Å². The van der Waals surface area contributed by atoms with Gasteiger partial charge in [-0.25, -0.2) is 9.37 Å². The minimum Gasteiger partial charge on any atom is -0.494 e. The molecule has 0 saturated carbocycles. The van der Waals surface area contributed by atoms with Gasteiger partial charge in [0.05, 0.1) is 16.8 Å². The van der Waals surface area contributed by atoms with E-state index in [1.165, 1.54) is 23.5 Å². The molecule has 0 spiro atoms. The number of benzene rings is 2. The van der Waals surface area contributed by atoms with Crippen molar-refractivity contribution in [1.82, 2.24) is 4.98 Å². The molecule has 0 atom stereocenters. The monoisotopic (exact) mass is 302 g/mol. The second-order valence-electron chi connectivity index (χ2n) is 4.72. The number of aromatic nitrogens is 1. The summed E-state index contributed by atoms with van der Waals surface area (Å²) in [6, 6.07) is 10.7. The third kappa shape index (κ3) is 3.13. The smallest absolute Gasteiger partial charge is 0.188 e. The predicted octanol–water partition coefficient (Wildman–Crippen LogP) is 4.89. The molecule has 3 aromatic rings. The van der Waals surface area contributed by atoms with Gasteiger partial charge in [0.25, 0.3) is 0 Å². The van der Waals surface area contributed by atoms with Crippen LogP contribution in [0.15, 0.2) is 36.4 Å². The number of ether oxygens (including phenoxy) is 1. The van der Waals surface area contributed by atoms with Crippen LogP contribution in [-0.2, 0) is 0 Å². The Morgan fingerprint density at radius 3 is 2.86 bits per heavy atom. The number of fused-ring (bicyclic) bond motifs is 1. The lowest BCUT2D eigenvalue weighted by molar-refractivity contribution is 0.341. The highest BCUT2D eigenvalue weighted by Gasteiger charge is 2.06. The Morgan fingerprint density at radius 1 is 1.24 bits per heavy atom. The molecular weight excluding hydrogens is 287 g/mol. The van der Waals surface area contributed by atoms with Crippen molar-refractivity contribution in [3.05, 3.63) is 47.8 Å². The van der Waals surface area contributed by atoms with Gasteiger partial charge in [-0.05, 0) is 55.8 Å². The van der Waals surface area contributed by atoms with Gasteiger partial charge >= 0.3 is 0 Å². The van der Waals surface area contributed by atoms with Crippen LogP contribution in [-0.4, -0.2) is 11.6 Å². The van der Waals surface area contributed by atoms with Crippen LogP contribution in [0.5, 0.6) is 5.75 Å². The Hall–Kier alpha value is -2.14. The first-order valence-corrected chi connectivity index (χ1v) is 7.53. The van der Waals surface area contributed by atoms with E-state index in [1.54, 1.807) is 0 Å². The van der Waals surface area contributed by atoms with E-state index in [1.807, 2.05) is 38.1 Å². The molecule has 5 heteroatoms. The lowest BCUT2D eigenvalue weighted by Gasteiger charge is -2.03. The summed E-state index contributed by atoms with van der Waals surface area (Å²) in [4.78, 5) is 4.50. The van der Waals surface area contributed by atoms with Gasteiger partial charge < -0.3 is 10.1 Å². The molecule has 1 heterocycles. The molecule has 1 aromatic heterocycles. The molecule has 0 aliphatic heterocycles. The highest BCUT2D eigenvalue weighted by molar-refractivity contribution is 7.22. The Bertz CT molecular complexity index is 765. The van der Waals surface area contributed by atoms with Crippen molar-refractivity contribution in [1.29, 1.82) is 0 Å². The molecule has 108 valence electrons. The van der Waals surface area contributed by atoms with Crippen molar-refractivity contribution in [2.24, 2.45) is 0 Å². The van der Waals surface area contributed by atoms with Gasteiger partial charge in [0.15, 0.2) is 5.13 Å². The molecule has 0 aliphatic carbocycles. The summed E-state index contributed by atoms with van der Waals surface area (Å²) < 4.78 is 19.9. The SMILES string of the molecule is CCOc1ccc2nc(Nc3cc(C)cc(F)c3)sc2c1. The summed E-state index contributed by atoms with van der Waals surface area (Å²) in [7, 11) is 0. The van der Waals surface area contributed by atoms with E-state index in [0.29, 0.717) is 12.3 Å². The van der Waals surface area contributed by atoms with Crippen LogP contribution in [0.1, 0.15) is 12.5 Å². The van der Waals surface area contributed by atoms with Crippen molar-refractivity contribution in [2.75, 3.05) is 11.9 Å². The summed E-state index contributed by atoms with van der Waals surface area (Å²) in [5, 5.41) is 3.89. The maximum absolute atomic E-state index is 13.4. The van der Waals surface area contributed by atoms with Crippen molar-refractivity contribution in [3.8, 4) is 5.75 Å². The predicted molar refractivity (Wildman–Crippen MR) is 85.2 cm³/mol. The normalized spacial score (nSPS) is 10.8. The van der Waals surface area contributed by atoms with Crippen LogP contribution in [0.2, 0.25) is 0 Å². The quantitative estimate of drug-likeness (QED) is 0.745. The Kier molecular flexibility index (Phi) is 3.75. The maximum atomic E-state index is 13.4. The zero-order valence-electron chi connectivity index (χ0n) is 11.8. The molecule has 3 rings (SSSR count). The molecule has 21 heavy (non-hydrogen) atoms. The number of thiazole rings is 1. The number of nitrogens with one attached hydrogen (secondary N) is 1. The average Bonchev–Trinajstić information content (AvgIpc) is 2.79. The Labute approximate surface area is 126 Å². The van der Waals surface area contributed by atoms with Crippen LogP contribution >= 0.6 is 11.3 Å². The lowest BCUT2D eigenvalue weighted by Crippen LogP contribution is -1.91. The summed E-state index contributed by atoms with van der Waals surface area (Å²) in [5.41, 5.74) is 2.48. The van der Waals surface area contributed by atoms with Gasteiger partial charge in [0.2, 0.25) is 0 Å². The Morgan fingerprint density at radius 2 is 2.10 bits per heavy atom. The first kappa shape index (κ1) is 13.8. The molecule has 3 nitrogen and oxygen atoms in total. The fourth-order valence-corrected chi connectivity index (χ4v) is 3.06. The highest BCUT2D eigenvalue weighted by atomic mass is 32.1. The summed E-state index contributed by atoms with van der Waals surface area (Å²) >= 11 is 1.52. The van der Waals surface area contributed by atoms with E-state index in [9.17, 15) is 4.39 Å². The zero-order valence-corrected chi connectivity index (χ0v) is 12.6. The number of halogens is 1. The number of rotatable bonds is 4. The number of anilines is 2. The largest absolute Gasteiger partial charge is 0.494 e. The first-order chi connectivity index (χ1) is 10.1. The fraction of sp³-hybridized carbons (Fsp3) is 0.188. The third-order valence-corrected chi connectivity index (χ3v) is 3.90. The van der Waals surface area contributed by atoms with E-state index in [0.717, 1.165) is 26.7 Å². The maximum Gasteiger partial charge on any atom is 0.188 e. The molecule has 0 radical (unpaired) electrons. The molecule has 0 saturated heterocycles. The van der Waals surface area contributed by atoms with Crippen LogP contribution in [0, 0.1) is 12.7 Å². The van der Waals surface area contributed by atoms with Crippen LogP contribution in [0.25, 0.3) is 10.2 Å². The van der Waals surface area contributed by atoms with Gasteiger partial charge in [-0.15, -0.1) is 0 Å². The van der Waals surface area contributed by atoms with Crippen molar-refractivity contribution in [2.45, 2.75) is 13.8 Å². The number of aryl methyl sites for hydroxylation is 1. The van der Waals surface area contributed by atoms with Gasteiger partial charge in [0.1, 0.15) is 11.6 Å². The summed E-state index contributed by atoms with van der Waals surface area (Å²) in [5.74, 6) is 0.582. The van der Waals surface area contributed by atoms with Crippen molar-refractivity contribution < 1.29 is 9.13 Å². The number of hydrogen-bond donors (Lipinski definition) is 1. The molecular formula is C16H15FN2OS. The molecule has 0 unspecified atom stereocenters. The van der Waals surface area contributed by atoms with Crippen LogP contribution in [0.4, 0.5) is 15.2 Å². The standard InChI is InChI=1S/C16H15FN2OS/c1-3-20-13-4-5-14-15(9-13)21-16(19-14)18-12-7-10(2)6-11(17)8-12/h4-9H,3H2,1-2H3,(H,18,19). The highest BCUT2D eigenvalue weighted by Crippen LogP contribution is 2.31. The van der Waals surface area contributed by atoms with Crippen LogP contribution in [0.3, 0.4) is 0 Å². The molecule has 0 aliphatic rings. The van der Waals surface area contributed by atoms with Gasteiger partial charge in [-0.3, -0.25) is 0 Å². The van der Waals surface area contributed by atoms with Crippen molar-refractivity contribution in [3.63, 3.8) is 0 Å². The molecule has 2 aromatic carbocycles. The second kappa shape index (κ2) is 5.69. The fourth-order valence-electron chi connectivity index (χ4n) is 2.15. The van der Waals surface area contributed by atoms with Gasteiger partial charge in [0, 0.05) is 5.69 Å². The summed E-state index contributed by atoms with van der Waals surface area (Å²) in [6.07, 6.45) is 0. The summed E-state index contributed by atoms with van der Waals surface area (Å²) in [6.45, 7) is 4.45. The topological polar surface area (TPSA) is 34.1 Å². The molecule has 1 N–H and O–H groups in total. The van der Waals surface area contributed by atoms with E-state index in [2.05, 4.69) is 10.3 Å². The Balaban J connectivity index is 1.90. The van der Waals surface area contributed by atoms with Gasteiger partial charge in [-0.1, -0.05) is 11.3 Å². The minimum absolute atomic E-state index is 0.253. The lowest BCUT2D eigenvalue weighted by atomic mass is 10.2. The van der Waals surface area contributed by atoms with E-state index in [-0.39, 0.29) is 5.82 Å². The van der Waals surface area contributed by atoms with E-state index >= 15 is 0 Å². The average molecular weight is 302 g/mol. The third-order valence-electron chi connectivity index (χ3n) is 2.96. The van der Waals surface area contributed by atoms with Gasteiger partial charge in [-0.2, -0.15) is 0 Å². The second-order valence-corrected chi connectivity index (χ2v) is 5.75. The number of nitrogens with zero attached hydrogens (tertiary/aromatic N) is 1. The van der Waals surface area contributed by atoms with Crippen LogP contribution < -0.4 is 10.1 Å². The first-order valence-electron chi connectivity index (χ1n) is 6.71. The molecule has 0 bridgehead atoms.